The van der Waals surface area contributed by atoms with Gasteiger partial charge in [-0.3, -0.25) is 4.79 Å². The summed E-state index contributed by atoms with van der Waals surface area (Å²) in [6.45, 7) is 5.75. The zero-order valence-corrected chi connectivity index (χ0v) is 12.2. The van der Waals surface area contributed by atoms with Crippen LogP contribution in [0.5, 0.6) is 0 Å². The molecule has 1 aliphatic heterocycles. The molecule has 6 heteroatoms. The first-order valence-corrected chi connectivity index (χ1v) is 6.68. The lowest BCUT2D eigenvalue weighted by molar-refractivity contribution is -0.130. The molecule has 0 radical (unpaired) electrons. The minimum absolute atomic E-state index is 0.129. The average molecular weight is 301 g/mol. The maximum Gasteiger partial charge on any atom is 0.227 e. The van der Waals surface area contributed by atoms with Crippen molar-refractivity contribution in [2.45, 2.75) is 32.8 Å². The van der Waals surface area contributed by atoms with E-state index in [-0.39, 0.29) is 18.5 Å². The van der Waals surface area contributed by atoms with Gasteiger partial charge in [0.1, 0.15) is 0 Å². The predicted molar refractivity (Wildman–Crippen MR) is 71.0 cm³/mol. The molecular formula is C15H18F3NO2. The number of halogens is 3. The Hall–Kier alpha value is -1.56. The average Bonchev–Trinajstić information content (AvgIpc) is 2.59. The maximum absolute atomic E-state index is 13.6. The molecule has 1 fully saturated rings. The van der Waals surface area contributed by atoms with Gasteiger partial charge in [-0.15, -0.1) is 0 Å². The van der Waals surface area contributed by atoms with Crippen molar-refractivity contribution in [1.29, 1.82) is 0 Å². The summed E-state index contributed by atoms with van der Waals surface area (Å²) in [7, 11) is 0. The molecule has 0 bridgehead atoms. The van der Waals surface area contributed by atoms with E-state index in [9.17, 15) is 23.1 Å². The lowest BCUT2D eigenvalue weighted by Gasteiger charge is -2.30. The van der Waals surface area contributed by atoms with Gasteiger partial charge in [-0.05, 0) is 13.0 Å². The van der Waals surface area contributed by atoms with E-state index in [0.29, 0.717) is 6.54 Å². The molecule has 1 aromatic carbocycles. The number of benzene rings is 1. The second kappa shape index (κ2) is 5.02. The van der Waals surface area contributed by atoms with Gasteiger partial charge in [-0.2, -0.15) is 0 Å². The molecule has 1 heterocycles. The summed E-state index contributed by atoms with van der Waals surface area (Å²) in [5.41, 5.74) is -1.73. The van der Waals surface area contributed by atoms with E-state index in [1.165, 1.54) is 4.90 Å². The van der Waals surface area contributed by atoms with Crippen LogP contribution in [0.4, 0.5) is 13.2 Å². The Balaban J connectivity index is 2.16. The van der Waals surface area contributed by atoms with E-state index in [4.69, 9.17) is 0 Å². The lowest BCUT2D eigenvalue weighted by Crippen LogP contribution is -2.40. The summed E-state index contributed by atoms with van der Waals surface area (Å²) in [5, 5.41) is 10.3. The van der Waals surface area contributed by atoms with E-state index in [1.54, 1.807) is 6.92 Å². The number of carbonyl (C=O) groups is 1. The Bertz CT molecular complexity index is 569. The molecule has 2 rings (SSSR count). The Morgan fingerprint density at radius 3 is 2.33 bits per heavy atom. The number of carbonyl (C=O) groups excluding carboxylic acids is 1. The summed E-state index contributed by atoms with van der Waals surface area (Å²) in [5.74, 6) is -4.62. The largest absolute Gasteiger partial charge is 0.388 e. The zero-order valence-electron chi connectivity index (χ0n) is 12.2. The molecular weight excluding hydrogens is 283 g/mol. The number of hydrogen-bond donors (Lipinski definition) is 1. The van der Waals surface area contributed by atoms with Crippen LogP contribution in [0.15, 0.2) is 12.1 Å². The van der Waals surface area contributed by atoms with Crippen molar-refractivity contribution < 1.29 is 23.1 Å². The second-order valence-electron chi connectivity index (χ2n) is 6.42. The standard InChI is InChI=1S/C15H18F3NO2/c1-14(2)7-19(8-15(14,3)21)11(20)6-9-4-5-10(16)13(18)12(9)17/h4-5,21H,6-8H2,1-3H3/t15-/m0/s1. The summed E-state index contributed by atoms with van der Waals surface area (Å²) in [6.07, 6.45) is -0.366. The molecule has 1 saturated heterocycles. The predicted octanol–water partition coefficient (Wildman–Crippen LogP) is 2.27. The summed E-state index contributed by atoms with van der Waals surface area (Å²) in [4.78, 5) is 13.6. The quantitative estimate of drug-likeness (QED) is 0.851. The van der Waals surface area contributed by atoms with Crippen molar-refractivity contribution in [3.05, 3.63) is 35.1 Å². The fourth-order valence-corrected chi connectivity index (χ4v) is 2.44. The topological polar surface area (TPSA) is 40.5 Å². The van der Waals surface area contributed by atoms with Crippen LogP contribution in [0.2, 0.25) is 0 Å². The Kier molecular flexibility index (Phi) is 3.78. The number of likely N-dealkylation sites (tertiary alicyclic amines) is 1. The van der Waals surface area contributed by atoms with Crippen LogP contribution in [0, 0.1) is 22.9 Å². The third-order valence-electron chi connectivity index (χ3n) is 4.35. The van der Waals surface area contributed by atoms with Crippen LogP contribution < -0.4 is 0 Å². The van der Waals surface area contributed by atoms with Crippen LogP contribution in [-0.4, -0.2) is 34.6 Å². The number of rotatable bonds is 2. The molecule has 21 heavy (non-hydrogen) atoms. The minimum atomic E-state index is -1.57. The molecule has 0 unspecified atom stereocenters. The Morgan fingerprint density at radius 2 is 1.81 bits per heavy atom. The minimum Gasteiger partial charge on any atom is -0.388 e. The van der Waals surface area contributed by atoms with E-state index >= 15 is 0 Å². The van der Waals surface area contributed by atoms with Crippen LogP contribution in [-0.2, 0) is 11.2 Å². The molecule has 1 N–H and O–H groups in total. The third-order valence-corrected chi connectivity index (χ3v) is 4.35. The number of nitrogens with zero attached hydrogens (tertiary/aromatic N) is 1. The zero-order chi connectivity index (χ0) is 16.0. The smallest absolute Gasteiger partial charge is 0.227 e. The van der Waals surface area contributed by atoms with Gasteiger partial charge in [0.2, 0.25) is 5.91 Å². The fourth-order valence-electron chi connectivity index (χ4n) is 2.44. The number of amides is 1. The van der Waals surface area contributed by atoms with Crippen molar-refractivity contribution >= 4 is 5.91 Å². The highest BCUT2D eigenvalue weighted by molar-refractivity contribution is 5.79. The van der Waals surface area contributed by atoms with Gasteiger partial charge in [0, 0.05) is 24.1 Å². The molecule has 0 aliphatic carbocycles. The lowest BCUT2D eigenvalue weighted by atomic mass is 9.79. The van der Waals surface area contributed by atoms with E-state index < -0.39 is 34.4 Å². The van der Waals surface area contributed by atoms with Gasteiger partial charge in [0.05, 0.1) is 12.0 Å². The van der Waals surface area contributed by atoms with Crippen molar-refractivity contribution in [1.82, 2.24) is 4.90 Å². The van der Waals surface area contributed by atoms with Gasteiger partial charge >= 0.3 is 0 Å². The van der Waals surface area contributed by atoms with Crippen molar-refractivity contribution in [3.8, 4) is 0 Å². The van der Waals surface area contributed by atoms with Gasteiger partial charge < -0.3 is 10.0 Å². The SMILES string of the molecule is CC1(C)CN(C(=O)Cc2ccc(F)c(F)c2F)C[C@]1(C)O. The number of aliphatic hydroxyl groups is 1. The van der Waals surface area contributed by atoms with Gasteiger partial charge in [-0.25, -0.2) is 13.2 Å². The van der Waals surface area contributed by atoms with Gasteiger partial charge in [-0.1, -0.05) is 19.9 Å². The molecule has 0 spiro atoms. The normalized spacial score (nSPS) is 24.4. The molecule has 1 aromatic rings. The molecule has 0 aromatic heterocycles. The van der Waals surface area contributed by atoms with Crippen molar-refractivity contribution in [3.63, 3.8) is 0 Å². The summed E-state index contributed by atoms with van der Waals surface area (Å²) in [6, 6.07) is 1.86. The van der Waals surface area contributed by atoms with Crippen LogP contribution in [0.25, 0.3) is 0 Å². The fraction of sp³-hybridized carbons (Fsp3) is 0.533. The highest BCUT2D eigenvalue weighted by Gasteiger charge is 2.49. The third kappa shape index (κ3) is 2.77. The first-order chi connectivity index (χ1) is 9.55. The Labute approximate surface area is 121 Å². The van der Waals surface area contributed by atoms with Crippen molar-refractivity contribution in [2.75, 3.05) is 13.1 Å². The molecule has 1 atom stereocenters. The van der Waals surface area contributed by atoms with E-state index in [0.717, 1.165) is 12.1 Å². The Morgan fingerprint density at radius 1 is 1.19 bits per heavy atom. The van der Waals surface area contributed by atoms with Crippen LogP contribution >= 0.6 is 0 Å². The number of β-amino-alcohol motifs (C(OH)–C–C–N with tert-alkyl or cyclic N) is 1. The first-order valence-electron chi connectivity index (χ1n) is 6.68. The first kappa shape index (κ1) is 15.8. The van der Waals surface area contributed by atoms with E-state index in [1.807, 2.05) is 13.8 Å². The maximum atomic E-state index is 13.6. The molecule has 116 valence electrons. The highest BCUT2D eigenvalue weighted by atomic mass is 19.2. The number of hydrogen-bond acceptors (Lipinski definition) is 2. The molecule has 1 amide bonds. The second-order valence-corrected chi connectivity index (χ2v) is 6.42. The van der Waals surface area contributed by atoms with Crippen LogP contribution in [0.1, 0.15) is 26.3 Å². The van der Waals surface area contributed by atoms with E-state index in [2.05, 4.69) is 0 Å². The monoisotopic (exact) mass is 301 g/mol. The highest BCUT2D eigenvalue weighted by Crippen LogP contribution is 2.38. The molecule has 3 nitrogen and oxygen atoms in total. The van der Waals surface area contributed by atoms with Crippen LogP contribution in [0.3, 0.4) is 0 Å². The summed E-state index contributed by atoms with van der Waals surface area (Å²) >= 11 is 0. The van der Waals surface area contributed by atoms with Gasteiger partial charge in [0.15, 0.2) is 17.5 Å². The van der Waals surface area contributed by atoms with Gasteiger partial charge in [0.25, 0.3) is 0 Å². The van der Waals surface area contributed by atoms with Crippen molar-refractivity contribution in [2.24, 2.45) is 5.41 Å². The molecule has 0 saturated carbocycles. The summed E-state index contributed by atoms with van der Waals surface area (Å²) < 4.78 is 39.6. The molecule has 1 aliphatic rings.